The second kappa shape index (κ2) is 7.14. The summed E-state index contributed by atoms with van der Waals surface area (Å²) in [4.78, 5) is 17.1. The Kier molecular flexibility index (Phi) is 4.61. The zero-order valence-corrected chi connectivity index (χ0v) is 15.3. The highest BCUT2D eigenvalue weighted by Gasteiger charge is 2.31. The number of hydrogen-bond acceptors (Lipinski definition) is 5. The summed E-state index contributed by atoms with van der Waals surface area (Å²) >= 11 is 0. The fourth-order valence-corrected chi connectivity index (χ4v) is 3.22. The lowest BCUT2D eigenvalue weighted by Gasteiger charge is -2.10. The monoisotopic (exact) mass is 416 g/mol. The van der Waals surface area contributed by atoms with E-state index in [2.05, 4.69) is 9.72 Å². The van der Waals surface area contributed by atoms with Crippen LogP contribution in [-0.4, -0.2) is 25.6 Å². The number of ether oxygens (including phenoxy) is 1. The molecular formula is C20H15F3N4O3. The molecule has 2 heterocycles. The number of nitrogens with zero attached hydrogens (tertiary/aromatic N) is 3. The molecule has 10 heteroatoms. The summed E-state index contributed by atoms with van der Waals surface area (Å²) < 4.78 is 43.0. The maximum atomic E-state index is 12.8. The van der Waals surface area contributed by atoms with Gasteiger partial charge < -0.3 is 15.6 Å². The van der Waals surface area contributed by atoms with Gasteiger partial charge in [-0.3, -0.25) is 4.57 Å². The summed E-state index contributed by atoms with van der Waals surface area (Å²) in [6.07, 6.45) is -3.58. The Labute approximate surface area is 167 Å². The molecule has 0 bridgehead atoms. The number of nitrogen functional groups attached to an aromatic ring is 1. The summed E-state index contributed by atoms with van der Waals surface area (Å²) in [6, 6.07) is 13.5. The molecule has 0 amide bonds. The van der Waals surface area contributed by atoms with Gasteiger partial charge in [0, 0.05) is 5.39 Å². The summed E-state index contributed by atoms with van der Waals surface area (Å²) in [5.74, 6) is -0.506. The standard InChI is InChI=1S/C20H15F3N4O3/c21-20(22,23)30-14-7-5-13(6-8-14)27-18(28)11-26(19(27)29)10-12-9-17(24)25-16-4-2-1-3-15(12)16/h1-9,11,28H,10H2,(H2,24,25). The second-order valence-corrected chi connectivity index (χ2v) is 6.50. The molecule has 2 aromatic carbocycles. The average molecular weight is 416 g/mol. The van der Waals surface area contributed by atoms with Gasteiger partial charge in [-0.2, -0.15) is 0 Å². The van der Waals surface area contributed by atoms with Crippen molar-refractivity contribution in [3.8, 4) is 17.3 Å². The number of pyridine rings is 1. The van der Waals surface area contributed by atoms with Crippen LogP contribution in [0.3, 0.4) is 0 Å². The largest absolute Gasteiger partial charge is 0.573 e. The number of imidazole rings is 1. The first kappa shape index (κ1) is 19.4. The van der Waals surface area contributed by atoms with Crippen LogP contribution in [0.15, 0.2) is 65.6 Å². The number of hydrogen-bond donors (Lipinski definition) is 2. The topological polar surface area (TPSA) is 95.3 Å². The number of alkyl halides is 3. The first-order chi connectivity index (χ1) is 14.2. The third-order valence-electron chi connectivity index (χ3n) is 4.43. The van der Waals surface area contributed by atoms with Crippen molar-refractivity contribution >= 4 is 16.7 Å². The lowest BCUT2D eigenvalue weighted by atomic mass is 10.1. The normalized spacial score (nSPS) is 11.7. The maximum absolute atomic E-state index is 12.8. The average Bonchev–Trinajstić information content (AvgIpc) is 2.94. The van der Waals surface area contributed by atoms with Gasteiger partial charge in [0.25, 0.3) is 0 Å². The Morgan fingerprint density at radius 2 is 1.80 bits per heavy atom. The number of fused-ring (bicyclic) bond motifs is 1. The first-order valence-electron chi connectivity index (χ1n) is 8.73. The number of halogens is 3. The van der Waals surface area contributed by atoms with Crippen molar-refractivity contribution in [3.63, 3.8) is 0 Å². The predicted molar refractivity (Wildman–Crippen MR) is 104 cm³/mol. The van der Waals surface area contributed by atoms with Crippen molar-refractivity contribution in [2.45, 2.75) is 12.9 Å². The fraction of sp³-hybridized carbons (Fsp3) is 0.100. The number of aromatic nitrogens is 3. The van der Waals surface area contributed by atoms with Crippen LogP contribution in [0.5, 0.6) is 11.6 Å². The molecule has 154 valence electrons. The van der Waals surface area contributed by atoms with Crippen molar-refractivity contribution in [1.82, 2.24) is 14.1 Å². The predicted octanol–water partition coefficient (Wildman–Crippen LogP) is 3.42. The van der Waals surface area contributed by atoms with Crippen molar-refractivity contribution in [3.05, 3.63) is 76.8 Å². The van der Waals surface area contributed by atoms with E-state index >= 15 is 0 Å². The molecule has 0 radical (unpaired) electrons. The zero-order valence-electron chi connectivity index (χ0n) is 15.3. The Morgan fingerprint density at radius 1 is 1.10 bits per heavy atom. The lowest BCUT2D eigenvalue weighted by molar-refractivity contribution is -0.274. The van der Waals surface area contributed by atoms with Gasteiger partial charge in [-0.15, -0.1) is 13.2 Å². The molecule has 0 saturated carbocycles. The number of rotatable bonds is 4. The molecule has 0 fully saturated rings. The molecule has 2 aromatic heterocycles. The number of aromatic hydroxyl groups is 1. The fourth-order valence-electron chi connectivity index (χ4n) is 3.22. The molecule has 0 aliphatic carbocycles. The van der Waals surface area contributed by atoms with Gasteiger partial charge in [0.05, 0.1) is 23.9 Å². The van der Waals surface area contributed by atoms with E-state index in [0.717, 1.165) is 27.6 Å². The van der Waals surface area contributed by atoms with E-state index in [-0.39, 0.29) is 18.1 Å². The minimum Gasteiger partial charge on any atom is -0.493 e. The van der Waals surface area contributed by atoms with Gasteiger partial charge in [-0.25, -0.2) is 14.3 Å². The van der Waals surface area contributed by atoms with Crippen molar-refractivity contribution in [1.29, 1.82) is 0 Å². The van der Waals surface area contributed by atoms with Crippen LogP contribution in [0, 0.1) is 0 Å². The summed E-state index contributed by atoms with van der Waals surface area (Å²) in [5.41, 5.74) is 6.87. The molecule has 7 nitrogen and oxygen atoms in total. The zero-order chi connectivity index (χ0) is 21.5. The Bertz CT molecular complexity index is 1280. The van der Waals surface area contributed by atoms with Crippen molar-refractivity contribution in [2.24, 2.45) is 0 Å². The second-order valence-electron chi connectivity index (χ2n) is 6.50. The van der Waals surface area contributed by atoms with Crippen LogP contribution in [0.25, 0.3) is 16.6 Å². The SMILES string of the molecule is Nc1cc(Cn2cc(O)n(-c3ccc(OC(F)(F)F)cc3)c2=O)c2ccccc2n1. The number of benzene rings is 2. The van der Waals surface area contributed by atoms with Crippen LogP contribution in [-0.2, 0) is 6.54 Å². The highest BCUT2D eigenvalue weighted by atomic mass is 19.4. The minimum atomic E-state index is -4.82. The number of para-hydroxylation sites is 1. The maximum Gasteiger partial charge on any atom is 0.573 e. The third-order valence-corrected chi connectivity index (χ3v) is 4.43. The minimum absolute atomic E-state index is 0.113. The van der Waals surface area contributed by atoms with E-state index in [0.29, 0.717) is 11.3 Å². The van der Waals surface area contributed by atoms with Crippen LogP contribution in [0.4, 0.5) is 19.0 Å². The van der Waals surface area contributed by atoms with Gasteiger partial charge in [-0.1, -0.05) is 18.2 Å². The van der Waals surface area contributed by atoms with Gasteiger partial charge in [0.1, 0.15) is 11.6 Å². The first-order valence-corrected chi connectivity index (χ1v) is 8.73. The highest BCUT2D eigenvalue weighted by Crippen LogP contribution is 2.25. The van der Waals surface area contributed by atoms with E-state index < -0.39 is 17.8 Å². The summed E-state index contributed by atoms with van der Waals surface area (Å²) in [6.45, 7) is 0.113. The van der Waals surface area contributed by atoms with E-state index in [9.17, 15) is 23.1 Å². The van der Waals surface area contributed by atoms with Gasteiger partial charge in [0.15, 0.2) is 0 Å². The lowest BCUT2D eigenvalue weighted by Crippen LogP contribution is -2.23. The smallest absolute Gasteiger partial charge is 0.493 e. The van der Waals surface area contributed by atoms with Crippen molar-refractivity contribution < 1.29 is 23.0 Å². The molecule has 0 aliphatic heterocycles. The molecule has 0 aliphatic rings. The molecule has 0 spiro atoms. The van der Waals surface area contributed by atoms with E-state index in [1.807, 2.05) is 18.2 Å². The quantitative estimate of drug-likeness (QED) is 0.532. The van der Waals surface area contributed by atoms with E-state index in [1.54, 1.807) is 12.1 Å². The number of nitrogens with two attached hydrogens (primary N) is 1. The molecule has 30 heavy (non-hydrogen) atoms. The number of anilines is 1. The summed E-state index contributed by atoms with van der Waals surface area (Å²) in [7, 11) is 0. The Hall–Kier alpha value is -3.95. The Morgan fingerprint density at radius 3 is 2.50 bits per heavy atom. The molecule has 4 aromatic rings. The molecule has 0 saturated heterocycles. The van der Waals surface area contributed by atoms with E-state index in [4.69, 9.17) is 5.73 Å². The molecule has 3 N–H and O–H groups in total. The molecule has 4 rings (SSSR count). The Balaban J connectivity index is 1.69. The molecular weight excluding hydrogens is 401 g/mol. The van der Waals surface area contributed by atoms with E-state index in [1.165, 1.54) is 22.9 Å². The highest BCUT2D eigenvalue weighted by molar-refractivity contribution is 5.83. The van der Waals surface area contributed by atoms with Gasteiger partial charge >= 0.3 is 12.1 Å². The molecule has 0 atom stereocenters. The van der Waals surface area contributed by atoms with Gasteiger partial charge in [-0.05, 0) is 42.0 Å². The summed E-state index contributed by atoms with van der Waals surface area (Å²) in [5, 5.41) is 11.1. The molecule has 0 unspecified atom stereocenters. The van der Waals surface area contributed by atoms with Crippen LogP contribution in [0.2, 0.25) is 0 Å². The van der Waals surface area contributed by atoms with Gasteiger partial charge in [0.2, 0.25) is 5.88 Å². The van der Waals surface area contributed by atoms with Crippen LogP contribution in [0.1, 0.15) is 5.56 Å². The van der Waals surface area contributed by atoms with Crippen LogP contribution >= 0.6 is 0 Å². The van der Waals surface area contributed by atoms with Crippen molar-refractivity contribution in [2.75, 3.05) is 5.73 Å². The third kappa shape index (κ3) is 3.79. The van der Waals surface area contributed by atoms with Crippen LogP contribution < -0.4 is 16.2 Å².